The maximum Gasteiger partial charge on any atom is 0.252 e. The Morgan fingerprint density at radius 2 is 1.88 bits per heavy atom. The number of likely N-dealkylation sites (tertiary alicyclic amines) is 1. The Morgan fingerprint density at radius 3 is 2.50 bits per heavy atom. The lowest BCUT2D eigenvalue weighted by molar-refractivity contribution is -0.142. The number of thiophene rings is 1. The van der Waals surface area contributed by atoms with Gasteiger partial charge in [0.1, 0.15) is 10.3 Å². The van der Waals surface area contributed by atoms with Crippen LogP contribution in [0.15, 0.2) is 21.7 Å². The van der Waals surface area contributed by atoms with Gasteiger partial charge in [0.05, 0.1) is 6.54 Å². The SMILES string of the molecule is NC(=O)[C@@H]1CCCCN1C(=O)CN1CCN(S(=O)(=O)c2cccs2)CC1. The van der Waals surface area contributed by atoms with Crippen molar-refractivity contribution in [2.75, 3.05) is 39.3 Å². The lowest BCUT2D eigenvalue weighted by atomic mass is 10.0. The number of piperazine rings is 1. The van der Waals surface area contributed by atoms with Crippen molar-refractivity contribution in [3.8, 4) is 0 Å². The summed E-state index contributed by atoms with van der Waals surface area (Å²) in [5.74, 6) is -0.562. The first-order valence-electron chi connectivity index (χ1n) is 8.74. The van der Waals surface area contributed by atoms with Gasteiger partial charge in [-0.3, -0.25) is 14.5 Å². The van der Waals surface area contributed by atoms with Crippen molar-refractivity contribution in [3.63, 3.8) is 0 Å². The number of hydrogen-bond donors (Lipinski definition) is 1. The van der Waals surface area contributed by atoms with Crippen molar-refractivity contribution in [2.24, 2.45) is 5.73 Å². The number of amides is 2. The molecule has 0 spiro atoms. The third kappa shape index (κ3) is 4.08. The van der Waals surface area contributed by atoms with Crippen LogP contribution in [-0.2, 0) is 19.6 Å². The van der Waals surface area contributed by atoms with Crippen LogP contribution in [0, 0.1) is 0 Å². The summed E-state index contributed by atoms with van der Waals surface area (Å²) in [5.41, 5.74) is 5.42. The minimum atomic E-state index is -3.44. The van der Waals surface area contributed by atoms with Gasteiger partial charge in [-0.15, -0.1) is 11.3 Å². The van der Waals surface area contributed by atoms with Crippen LogP contribution in [-0.4, -0.2) is 79.6 Å². The molecule has 10 heteroatoms. The molecule has 1 aromatic rings. The Kier molecular flexibility index (Phi) is 5.96. The van der Waals surface area contributed by atoms with Crippen LogP contribution in [0.5, 0.6) is 0 Å². The molecule has 0 aliphatic carbocycles. The largest absolute Gasteiger partial charge is 0.368 e. The van der Waals surface area contributed by atoms with E-state index in [0.717, 1.165) is 12.8 Å². The number of carbonyl (C=O) groups excluding carboxylic acids is 2. The molecule has 2 aliphatic heterocycles. The third-order valence-electron chi connectivity index (χ3n) is 4.93. The highest BCUT2D eigenvalue weighted by molar-refractivity contribution is 7.91. The number of piperidine rings is 1. The summed E-state index contributed by atoms with van der Waals surface area (Å²) in [6, 6.07) is 2.81. The molecule has 2 aliphatic rings. The molecule has 2 amide bonds. The molecule has 2 N–H and O–H groups in total. The molecular weight excluding hydrogens is 376 g/mol. The fourth-order valence-corrected chi connectivity index (χ4v) is 6.04. The molecule has 0 radical (unpaired) electrons. The molecule has 0 bridgehead atoms. The van der Waals surface area contributed by atoms with Gasteiger partial charge in [-0.25, -0.2) is 8.42 Å². The molecule has 0 saturated carbocycles. The second-order valence-electron chi connectivity index (χ2n) is 6.61. The van der Waals surface area contributed by atoms with Gasteiger partial charge in [0, 0.05) is 32.7 Å². The summed E-state index contributed by atoms with van der Waals surface area (Å²) in [6.07, 6.45) is 2.40. The summed E-state index contributed by atoms with van der Waals surface area (Å²) in [7, 11) is -3.44. The van der Waals surface area contributed by atoms with Crippen LogP contribution in [0.25, 0.3) is 0 Å². The monoisotopic (exact) mass is 400 g/mol. The number of primary amides is 1. The van der Waals surface area contributed by atoms with Gasteiger partial charge in [0.2, 0.25) is 11.8 Å². The molecule has 0 aromatic carbocycles. The predicted octanol–water partition coefficient (Wildman–Crippen LogP) is -0.0792. The van der Waals surface area contributed by atoms with E-state index in [4.69, 9.17) is 5.73 Å². The summed E-state index contributed by atoms with van der Waals surface area (Å²) in [6.45, 7) is 2.44. The molecule has 2 saturated heterocycles. The lowest BCUT2D eigenvalue weighted by Crippen LogP contribution is -2.55. The van der Waals surface area contributed by atoms with Gasteiger partial charge in [-0.05, 0) is 30.7 Å². The van der Waals surface area contributed by atoms with E-state index in [1.165, 1.54) is 15.6 Å². The first-order valence-corrected chi connectivity index (χ1v) is 11.1. The van der Waals surface area contributed by atoms with Crippen LogP contribution in [0.1, 0.15) is 19.3 Å². The Morgan fingerprint density at radius 1 is 1.15 bits per heavy atom. The van der Waals surface area contributed by atoms with E-state index in [1.54, 1.807) is 22.4 Å². The Balaban J connectivity index is 1.55. The van der Waals surface area contributed by atoms with E-state index in [9.17, 15) is 18.0 Å². The Labute approximate surface area is 157 Å². The Hall–Kier alpha value is -1.49. The van der Waals surface area contributed by atoms with Crippen LogP contribution in [0.3, 0.4) is 0 Å². The Bertz CT molecular complexity index is 742. The molecule has 0 unspecified atom stereocenters. The van der Waals surface area contributed by atoms with Gasteiger partial charge < -0.3 is 10.6 Å². The average Bonchev–Trinajstić information content (AvgIpc) is 3.17. The number of carbonyl (C=O) groups is 2. The standard InChI is InChI=1S/C16H24N4O4S2/c17-16(22)13-4-1-2-6-20(13)14(21)12-18-7-9-19(10-8-18)26(23,24)15-5-3-11-25-15/h3,5,11,13H,1-2,4,6-10,12H2,(H2,17,22)/t13-/m0/s1. The molecule has 144 valence electrons. The topological polar surface area (TPSA) is 104 Å². The smallest absolute Gasteiger partial charge is 0.252 e. The zero-order chi connectivity index (χ0) is 18.7. The minimum absolute atomic E-state index is 0.108. The van der Waals surface area contributed by atoms with Gasteiger partial charge >= 0.3 is 0 Å². The van der Waals surface area contributed by atoms with E-state index in [-0.39, 0.29) is 12.5 Å². The van der Waals surface area contributed by atoms with Crippen molar-refractivity contribution in [1.29, 1.82) is 0 Å². The highest BCUT2D eigenvalue weighted by Crippen LogP contribution is 2.22. The van der Waals surface area contributed by atoms with Crippen LogP contribution < -0.4 is 5.73 Å². The highest BCUT2D eigenvalue weighted by Gasteiger charge is 2.33. The molecule has 2 fully saturated rings. The number of nitrogens with two attached hydrogens (primary N) is 1. The lowest BCUT2D eigenvalue weighted by Gasteiger charge is -2.37. The third-order valence-corrected chi connectivity index (χ3v) is 8.20. The van der Waals surface area contributed by atoms with Crippen molar-refractivity contribution in [1.82, 2.24) is 14.1 Å². The molecule has 26 heavy (non-hydrogen) atoms. The summed E-state index contributed by atoms with van der Waals surface area (Å²) in [4.78, 5) is 27.7. The first-order chi connectivity index (χ1) is 12.4. The summed E-state index contributed by atoms with van der Waals surface area (Å²) >= 11 is 1.21. The van der Waals surface area contributed by atoms with Gasteiger partial charge in [0.15, 0.2) is 0 Å². The zero-order valence-corrected chi connectivity index (χ0v) is 16.2. The van der Waals surface area contributed by atoms with E-state index in [2.05, 4.69) is 0 Å². The molecule has 1 aromatic heterocycles. The van der Waals surface area contributed by atoms with Crippen molar-refractivity contribution >= 4 is 33.2 Å². The second-order valence-corrected chi connectivity index (χ2v) is 9.73. The maximum atomic E-state index is 12.6. The van der Waals surface area contributed by atoms with Crippen molar-refractivity contribution in [2.45, 2.75) is 29.5 Å². The van der Waals surface area contributed by atoms with E-state index >= 15 is 0 Å². The van der Waals surface area contributed by atoms with E-state index < -0.39 is 22.0 Å². The highest BCUT2D eigenvalue weighted by atomic mass is 32.2. The summed E-state index contributed by atoms with van der Waals surface area (Å²) < 4.78 is 26.9. The summed E-state index contributed by atoms with van der Waals surface area (Å²) in [5, 5.41) is 1.75. The normalized spacial score (nSPS) is 23.1. The van der Waals surface area contributed by atoms with E-state index in [0.29, 0.717) is 43.4 Å². The van der Waals surface area contributed by atoms with Gasteiger partial charge in [-0.2, -0.15) is 4.31 Å². The van der Waals surface area contributed by atoms with E-state index in [1.807, 2.05) is 4.90 Å². The van der Waals surface area contributed by atoms with Gasteiger partial charge in [-0.1, -0.05) is 6.07 Å². The fourth-order valence-electron chi connectivity index (χ4n) is 3.47. The number of hydrogen-bond acceptors (Lipinski definition) is 6. The fraction of sp³-hybridized carbons (Fsp3) is 0.625. The van der Waals surface area contributed by atoms with Crippen molar-refractivity contribution in [3.05, 3.63) is 17.5 Å². The average molecular weight is 401 g/mol. The quantitative estimate of drug-likeness (QED) is 0.745. The first kappa shape index (κ1) is 19.3. The number of nitrogens with zero attached hydrogens (tertiary/aromatic N) is 3. The number of sulfonamides is 1. The molecule has 3 rings (SSSR count). The molecule has 8 nitrogen and oxygen atoms in total. The molecule has 1 atom stereocenters. The van der Waals surface area contributed by atoms with Crippen LogP contribution in [0.2, 0.25) is 0 Å². The maximum absolute atomic E-state index is 12.6. The zero-order valence-electron chi connectivity index (χ0n) is 14.5. The predicted molar refractivity (Wildman–Crippen MR) is 98.1 cm³/mol. The van der Waals surface area contributed by atoms with Crippen LogP contribution in [0.4, 0.5) is 0 Å². The minimum Gasteiger partial charge on any atom is -0.368 e. The van der Waals surface area contributed by atoms with Crippen LogP contribution >= 0.6 is 11.3 Å². The second kappa shape index (κ2) is 8.03. The van der Waals surface area contributed by atoms with Gasteiger partial charge in [0.25, 0.3) is 10.0 Å². The number of rotatable bonds is 5. The molecular formula is C16H24N4O4S2. The molecule has 3 heterocycles. The van der Waals surface area contributed by atoms with Crippen molar-refractivity contribution < 1.29 is 18.0 Å².